The maximum absolute atomic E-state index is 12.9. The summed E-state index contributed by atoms with van der Waals surface area (Å²) in [6.07, 6.45) is -6.55. The summed E-state index contributed by atoms with van der Waals surface area (Å²) in [5.41, 5.74) is 3.20. The van der Waals surface area contributed by atoms with E-state index in [0.717, 1.165) is 37.8 Å². The molecule has 0 spiro atoms. The standard InChI is InChI=1S/C16H20F6N2/c1-9(24-14-4-2-13(23)3-5-14)10-6-11(15(17,18)19)8-12(7-10)16(20,21)22/h6-9,13-14,24H,2-5,23H2,1H3. The first-order valence-electron chi connectivity index (χ1n) is 7.78. The number of nitrogens with two attached hydrogens (primary N) is 1. The lowest BCUT2D eigenvalue weighted by molar-refractivity contribution is -0.143. The van der Waals surface area contributed by atoms with Crippen molar-refractivity contribution in [2.24, 2.45) is 5.73 Å². The molecule has 1 saturated carbocycles. The van der Waals surface area contributed by atoms with Crippen LogP contribution < -0.4 is 11.1 Å². The fourth-order valence-electron chi connectivity index (χ4n) is 2.96. The third-order valence-corrected chi connectivity index (χ3v) is 4.37. The topological polar surface area (TPSA) is 38.0 Å². The minimum atomic E-state index is -4.83. The largest absolute Gasteiger partial charge is 0.416 e. The lowest BCUT2D eigenvalue weighted by Crippen LogP contribution is -2.38. The van der Waals surface area contributed by atoms with E-state index in [1.54, 1.807) is 6.92 Å². The van der Waals surface area contributed by atoms with Crippen LogP contribution in [0.4, 0.5) is 26.3 Å². The first-order chi connectivity index (χ1) is 11.0. The monoisotopic (exact) mass is 354 g/mol. The molecule has 0 bridgehead atoms. The highest BCUT2D eigenvalue weighted by atomic mass is 19.4. The average Bonchev–Trinajstić information content (AvgIpc) is 2.47. The molecule has 1 atom stereocenters. The molecular formula is C16H20F6N2. The second-order valence-corrected chi connectivity index (χ2v) is 6.34. The summed E-state index contributed by atoms with van der Waals surface area (Å²) < 4.78 is 77.4. The van der Waals surface area contributed by atoms with Crippen LogP contribution in [0.3, 0.4) is 0 Å². The van der Waals surface area contributed by atoms with E-state index in [1.165, 1.54) is 0 Å². The summed E-state index contributed by atoms with van der Waals surface area (Å²) in [5.74, 6) is 0. The zero-order chi connectivity index (χ0) is 18.1. The van der Waals surface area contributed by atoms with Crippen molar-refractivity contribution in [3.63, 3.8) is 0 Å². The van der Waals surface area contributed by atoms with E-state index in [9.17, 15) is 26.3 Å². The predicted octanol–water partition coefficient (Wildman–Crippen LogP) is 4.64. The molecule has 1 unspecified atom stereocenters. The normalized spacial score (nSPS) is 24.0. The van der Waals surface area contributed by atoms with Crippen LogP contribution in [0.1, 0.15) is 55.3 Å². The molecule has 136 valence electrons. The number of hydrogen-bond donors (Lipinski definition) is 2. The van der Waals surface area contributed by atoms with Crippen molar-refractivity contribution in [2.45, 2.75) is 63.1 Å². The number of hydrogen-bond acceptors (Lipinski definition) is 2. The fraction of sp³-hybridized carbons (Fsp3) is 0.625. The molecule has 0 heterocycles. The first-order valence-corrected chi connectivity index (χ1v) is 7.78. The molecule has 8 heteroatoms. The van der Waals surface area contributed by atoms with E-state index in [2.05, 4.69) is 5.32 Å². The quantitative estimate of drug-likeness (QED) is 0.776. The Kier molecular flexibility index (Phi) is 5.49. The Balaban J connectivity index is 2.24. The van der Waals surface area contributed by atoms with Gasteiger partial charge in [0, 0.05) is 18.1 Å². The Labute approximate surface area is 136 Å². The van der Waals surface area contributed by atoms with Gasteiger partial charge in [-0.05, 0) is 56.4 Å². The summed E-state index contributed by atoms with van der Waals surface area (Å²) in [6.45, 7) is 1.57. The Bertz CT molecular complexity index is 526. The van der Waals surface area contributed by atoms with Crippen LogP contribution in [-0.4, -0.2) is 12.1 Å². The molecule has 1 aromatic rings. The van der Waals surface area contributed by atoms with Crippen molar-refractivity contribution < 1.29 is 26.3 Å². The minimum Gasteiger partial charge on any atom is -0.328 e. The fourth-order valence-corrected chi connectivity index (χ4v) is 2.96. The zero-order valence-corrected chi connectivity index (χ0v) is 13.1. The van der Waals surface area contributed by atoms with Gasteiger partial charge in [-0.2, -0.15) is 26.3 Å². The van der Waals surface area contributed by atoms with Gasteiger partial charge in [-0.1, -0.05) is 0 Å². The maximum Gasteiger partial charge on any atom is 0.416 e. The van der Waals surface area contributed by atoms with Gasteiger partial charge >= 0.3 is 12.4 Å². The SMILES string of the molecule is CC(NC1CCC(N)CC1)c1cc(C(F)(F)F)cc(C(F)(F)F)c1. The molecule has 2 nitrogen and oxygen atoms in total. The summed E-state index contributed by atoms with van der Waals surface area (Å²) in [7, 11) is 0. The summed E-state index contributed by atoms with van der Waals surface area (Å²) in [5, 5.41) is 3.12. The van der Waals surface area contributed by atoms with E-state index in [4.69, 9.17) is 5.73 Å². The molecule has 0 aromatic heterocycles. The lowest BCUT2D eigenvalue weighted by atomic mass is 9.90. The highest BCUT2D eigenvalue weighted by Crippen LogP contribution is 2.37. The molecule has 0 radical (unpaired) electrons. The molecule has 0 saturated heterocycles. The van der Waals surface area contributed by atoms with E-state index >= 15 is 0 Å². The van der Waals surface area contributed by atoms with Crippen LogP contribution in [0.15, 0.2) is 18.2 Å². The van der Waals surface area contributed by atoms with Crippen molar-refractivity contribution in [3.05, 3.63) is 34.9 Å². The molecule has 1 fully saturated rings. The number of benzene rings is 1. The summed E-state index contributed by atoms with van der Waals surface area (Å²) in [4.78, 5) is 0. The lowest BCUT2D eigenvalue weighted by Gasteiger charge is -2.30. The van der Waals surface area contributed by atoms with Crippen LogP contribution in [0.5, 0.6) is 0 Å². The van der Waals surface area contributed by atoms with Gasteiger partial charge in [0.25, 0.3) is 0 Å². The predicted molar refractivity (Wildman–Crippen MR) is 78.2 cm³/mol. The van der Waals surface area contributed by atoms with Crippen molar-refractivity contribution in [1.29, 1.82) is 0 Å². The highest BCUT2D eigenvalue weighted by molar-refractivity contribution is 5.35. The Morgan fingerprint density at radius 2 is 1.38 bits per heavy atom. The van der Waals surface area contributed by atoms with Crippen LogP contribution in [0.25, 0.3) is 0 Å². The Hall–Kier alpha value is -1.28. The smallest absolute Gasteiger partial charge is 0.328 e. The summed E-state index contributed by atoms with van der Waals surface area (Å²) in [6, 6.07) is 1.25. The number of rotatable bonds is 3. The van der Waals surface area contributed by atoms with Gasteiger partial charge in [0.1, 0.15) is 0 Å². The minimum absolute atomic E-state index is 0.0213. The molecular weight excluding hydrogens is 334 g/mol. The van der Waals surface area contributed by atoms with Gasteiger partial charge < -0.3 is 11.1 Å². The number of nitrogens with one attached hydrogen (secondary N) is 1. The Morgan fingerprint density at radius 1 is 0.917 bits per heavy atom. The van der Waals surface area contributed by atoms with E-state index in [0.29, 0.717) is 0 Å². The molecule has 0 aliphatic heterocycles. The van der Waals surface area contributed by atoms with Gasteiger partial charge in [-0.3, -0.25) is 0 Å². The van der Waals surface area contributed by atoms with Crippen molar-refractivity contribution in [1.82, 2.24) is 5.32 Å². The van der Waals surface area contributed by atoms with E-state index in [1.807, 2.05) is 0 Å². The molecule has 3 N–H and O–H groups in total. The molecule has 24 heavy (non-hydrogen) atoms. The molecule has 1 aromatic carbocycles. The van der Waals surface area contributed by atoms with Crippen molar-refractivity contribution in [3.8, 4) is 0 Å². The maximum atomic E-state index is 12.9. The third kappa shape index (κ3) is 4.86. The first kappa shape index (κ1) is 19.1. The number of alkyl halides is 6. The van der Waals surface area contributed by atoms with Crippen LogP contribution in [0, 0.1) is 0 Å². The van der Waals surface area contributed by atoms with Crippen LogP contribution in [0.2, 0.25) is 0 Å². The van der Waals surface area contributed by atoms with Crippen molar-refractivity contribution >= 4 is 0 Å². The third-order valence-electron chi connectivity index (χ3n) is 4.37. The summed E-state index contributed by atoms with van der Waals surface area (Å²) >= 11 is 0. The average molecular weight is 354 g/mol. The second-order valence-electron chi connectivity index (χ2n) is 6.34. The van der Waals surface area contributed by atoms with Crippen LogP contribution in [-0.2, 0) is 12.4 Å². The Morgan fingerprint density at radius 3 is 1.79 bits per heavy atom. The van der Waals surface area contributed by atoms with Crippen molar-refractivity contribution in [2.75, 3.05) is 0 Å². The second kappa shape index (κ2) is 6.92. The van der Waals surface area contributed by atoms with E-state index < -0.39 is 29.5 Å². The van der Waals surface area contributed by atoms with Gasteiger partial charge in [0.2, 0.25) is 0 Å². The molecule has 1 aliphatic carbocycles. The highest BCUT2D eigenvalue weighted by Gasteiger charge is 2.37. The van der Waals surface area contributed by atoms with Gasteiger partial charge in [-0.15, -0.1) is 0 Å². The molecule has 2 rings (SSSR count). The van der Waals surface area contributed by atoms with Crippen LogP contribution >= 0.6 is 0 Å². The van der Waals surface area contributed by atoms with E-state index in [-0.39, 0.29) is 23.7 Å². The molecule has 0 amide bonds. The number of halogens is 6. The van der Waals surface area contributed by atoms with Gasteiger partial charge in [0.15, 0.2) is 0 Å². The molecule has 1 aliphatic rings. The van der Waals surface area contributed by atoms with Gasteiger partial charge in [-0.25, -0.2) is 0 Å². The van der Waals surface area contributed by atoms with Gasteiger partial charge in [0.05, 0.1) is 11.1 Å². The zero-order valence-electron chi connectivity index (χ0n) is 13.1.